The Morgan fingerprint density at radius 2 is 2.16 bits per heavy atom. The second-order valence-electron chi connectivity index (χ2n) is 3.94. The fraction of sp³-hybridized carbons (Fsp3) is 0.231. The number of aliphatic carboxylic acids is 1. The molecule has 0 saturated carbocycles. The quantitative estimate of drug-likeness (QED) is 0.911. The Morgan fingerprint density at radius 1 is 1.47 bits per heavy atom. The highest BCUT2D eigenvalue weighted by atomic mass is 32.2. The van der Waals surface area contributed by atoms with Gasteiger partial charge in [-0.25, -0.2) is 9.37 Å². The Balaban J connectivity index is 2.03. The Kier molecular flexibility index (Phi) is 4.21. The zero-order valence-corrected chi connectivity index (χ0v) is 11.0. The predicted octanol–water partition coefficient (Wildman–Crippen LogP) is 3.19. The Morgan fingerprint density at radius 3 is 2.79 bits per heavy atom. The average Bonchev–Trinajstić information content (AvgIpc) is 2.85. The summed E-state index contributed by atoms with van der Waals surface area (Å²) in [5, 5.41) is 8.27. The molecule has 0 bridgehead atoms. The number of hydrogen-bond donors (Lipinski definition) is 1. The second kappa shape index (κ2) is 5.88. The number of benzene rings is 1. The molecular formula is C13H12FNO3S. The highest BCUT2D eigenvalue weighted by molar-refractivity contribution is 7.99. The molecule has 0 fully saturated rings. The van der Waals surface area contributed by atoms with Crippen molar-refractivity contribution in [3.63, 3.8) is 0 Å². The van der Waals surface area contributed by atoms with Crippen LogP contribution in [0.15, 0.2) is 34.9 Å². The molecule has 0 aliphatic heterocycles. The molecule has 100 valence electrons. The van der Waals surface area contributed by atoms with E-state index >= 15 is 0 Å². The van der Waals surface area contributed by atoms with Gasteiger partial charge in [-0.15, -0.1) is 11.8 Å². The minimum atomic E-state index is -0.854. The molecule has 0 saturated heterocycles. The summed E-state index contributed by atoms with van der Waals surface area (Å²) < 4.78 is 18.1. The summed E-state index contributed by atoms with van der Waals surface area (Å²) in [6, 6.07) is 5.83. The van der Waals surface area contributed by atoms with Gasteiger partial charge in [-0.2, -0.15) is 0 Å². The maximum absolute atomic E-state index is 12.8. The summed E-state index contributed by atoms with van der Waals surface area (Å²) in [5.74, 6) is -0.315. The van der Waals surface area contributed by atoms with E-state index in [9.17, 15) is 9.18 Å². The molecule has 1 unspecified atom stereocenters. The summed E-state index contributed by atoms with van der Waals surface area (Å²) in [5.41, 5.74) is 1.35. The molecule has 0 aliphatic rings. The van der Waals surface area contributed by atoms with E-state index in [1.807, 2.05) is 0 Å². The van der Waals surface area contributed by atoms with Gasteiger partial charge in [-0.3, -0.25) is 4.79 Å². The molecule has 0 amide bonds. The number of thioether (sulfide) groups is 1. The number of carboxylic acid groups (broad SMARTS) is 1. The molecule has 19 heavy (non-hydrogen) atoms. The number of oxazole rings is 1. The molecule has 0 aliphatic carbocycles. The Bertz CT molecular complexity index is 568. The zero-order valence-electron chi connectivity index (χ0n) is 10.2. The fourth-order valence-electron chi connectivity index (χ4n) is 1.38. The number of carbonyl (C=O) groups is 1. The number of nitrogens with zero attached hydrogens (tertiary/aromatic N) is 1. The smallest absolute Gasteiger partial charge is 0.316 e. The normalized spacial score (nSPS) is 12.3. The highest BCUT2D eigenvalue weighted by Gasteiger charge is 2.13. The third-order valence-electron chi connectivity index (χ3n) is 2.47. The number of rotatable bonds is 5. The minimum Gasteiger partial charge on any atom is -0.480 e. The van der Waals surface area contributed by atoms with Crippen LogP contribution in [0.2, 0.25) is 0 Å². The third kappa shape index (κ3) is 3.57. The van der Waals surface area contributed by atoms with E-state index in [-0.39, 0.29) is 5.82 Å². The van der Waals surface area contributed by atoms with Gasteiger partial charge in [0.2, 0.25) is 5.89 Å². The van der Waals surface area contributed by atoms with Crippen LogP contribution in [0.1, 0.15) is 12.6 Å². The van der Waals surface area contributed by atoms with E-state index in [2.05, 4.69) is 4.98 Å². The topological polar surface area (TPSA) is 63.3 Å². The van der Waals surface area contributed by atoms with E-state index < -0.39 is 11.2 Å². The standard InChI is InChI=1S/C13H12FNO3S/c1-8(13(16)17)19-7-11-6-18-12(15-11)9-2-4-10(14)5-3-9/h2-6,8H,7H2,1H3,(H,16,17). The van der Waals surface area contributed by atoms with Crippen LogP contribution in [-0.4, -0.2) is 21.3 Å². The summed E-state index contributed by atoms with van der Waals surface area (Å²) in [6.07, 6.45) is 1.49. The lowest BCUT2D eigenvalue weighted by atomic mass is 10.2. The first-order valence-corrected chi connectivity index (χ1v) is 6.66. The Labute approximate surface area is 113 Å². The molecule has 0 radical (unpaired) electrons. The monoisotopic (exact) mass is 281 g/mol. The van der Waals surface area contributed by atoms with Gasteiger partial charge in [0.05, 0.1) is 10.9 Å². The summed E-state index contributed by atoms with van der Waals surface area (Å²) >= 11 is 1.27. The van der Waals surface area contributed by atoms with Crippen molar-refractivity contribution < 1.29 is 18.7 Å². The summed E-state index contributed by atoms with van der Waals surface area (Å²) in [6.45, 7) is 1.62. The molecule has 0 spiro atoms. The molecule has 6 heteroatoms. The maximum Gasteiger partial charge on any atom is 0.316 e. The molecule has 1 heterocycles. The van der Waals surface area contributed by atoms with E-state index in [1.165, 1.54) is 30.2 Å². The number of carboxylic acids is 1. The van der Waals surface area contributed by atoms with Crippen LogP contribution < -0.4 is 0 Å². The molecular weight excluding hydrogens is 269 g/mol. The van der Waals surface area contributed by atoms with E-state index in [0.29, 0.717) is 22.9 Å². The Hall–Kier alpha value is -1.82. The van der Waals surface area contributed by atoms with E-state index in [0.717, 1.165) is 0 Å². The van der Waals surface area contributed by atoms with Crippen LogP contribution in [0.25, 0.3) is 11.5 Å². The van der Waals surface area contributed by atoms with Gasteiger partial charge in [-0.05, 0) is 31.2 Å². The van der Waals surface area contributed by atoms with Crippen LogP contribution in [-0.2, 0) is 10.5 Å². The third-order valence-corrected chi connectivity index (χ3v) is 3.64. The lowest BCUT2D eigenvalue weighted by molar-refractivity contribution is -0.136. The van der Waals surface area contributed by atoms with E-state index in [1.54, 1.807) is 19.1 Å². The summed E-state index contributed by atoms with van der Waals surface area (Å²) in [4.78, 5) is 14.9. The van der Waals surface area contributed by atoms with Crippen molar-refractivity contribution >= 4 is 17.7 Å². The van der Waals surface area contributed by atoms with Crippen molar-refractivity contribution in [2.24, 2.45) is 0 Å². The first-order valence-electron chi connectivity index (χ1n) is 5.61. The second-order valence-corrected chi connectivity index (χ2v) is 5.27. The molecule has 4 nitrogen and oxygen atoms in total. The van der Waals surface area contributed by atoms with Crippen molar-refractivity contribution in [3.05, 3.63) is 42.0 Å². The van der Waals surface area contributed by atoms with Crippen LogP contribution in [0.5, 0.6) is 0 Å². The average molecular weight is 281 g/mol. The van der Waals surface area contributed by atoms with Gasteiger partial charge in [0, 0.05) is 11.3 Å². The number of hydrogen-bond acceptors (Lipinski definition) is 4. The van der Waals surface area contributed by atoms with Gasteiger partial charge in [0.15, 0.2) is 0 Å². The predicted molar refractivity (Wildman–Crippen MR) is 70.3 cm³/mol. The molecule has 1 atom stereocenters. The van der Waals surface area contributed by atoms with Gasteiger partial charge in [0.1, 0.15) is 12.1 Å². The summed E-state index contributed by atoms with van der Waals surface area (Å²) in [7, 11) is 0. The highest BCUT2D eigenvalue weighted by Crippen LogP contribution is 2.22. The zero-order chi connectivity index (χ0) is 13.8. The molecule has 2 rings (SSSR count). The van der Waals surface area contributed by atoms with Crippen molar-refractivity contribution in [2.75, 3.05) is 0 Å². The minimum absolute atomic E-state index is 0.318. The molecule has 1 aromatic heterocycles. The van der Waals surface area contributed by atoms with Crippen molar-refractivity contribution in [1.29, 1.82) is 0 Å². The van der Waals surface area contributed by atoms with Crippen LogP contribution >= 0.6 is 11.8 Å². The molecule has 2 aromatic rings. The largest absolute Gasteiger partial charge is 0.480 e. The van der Waals surface area contributed by atoms with Crippen LogP contribution in [0.4, 0.5) is 4.39 Å². The van der Waals surface area contributed by atoms with Gasteiger partial charge < -0.3 is 9.52 Å². The first-order chi connectivity index (χ1) is 9.06. The van der Waals surface area contributed by atoms with Crippen molar-refractivity contribution in [2.45, 2.75) is 17.9 Å². The van der Waals surface area contributed by atoms with E-state index in [4.69, 9.17) is 9.52 Å². The SMILES string of the molecule is CC(SCc1coc(-c2ccc(F)cc2)n1)C(=O)O. The lowest BCUT2D eigenvalue weighted by Crippen LogP contribution is -2.11. The van der Waals surface area contributed by atoms with Gasteiger partial charge in [-0.1, -0.05) is 0 Å². The van der Waals surface area contributed by atoms with Crippen molar-refractivity contribution in [3.8, 4) is 11.5 Å². The molecule has 1 aromatic carbocycles. The van der Waals surface area contributed by atoms with Crippen molar-refractivity contribution in [1.82, 2.24) is 4.98 Å². The first kappa shape index (κ1) is 13.6. The number of halogens is 1. The van der Waals surface area contributed by atoms with Gasteiger partial charge in [0.25, 0.3) is 0 Å². The number of aromatic nitrogens is 1. The molecule has 1 N–H and O–H groups in total. The van der Waals surface area contributed by atoms with Gasteiger partial charge >= 0.3 is 5.97 Å². The maximum atomic E-state index is 12.8. The lowest BCUT2D eigenvalue weighted by Gasteiger charge is -2.02. The fourth-order valence-corrected chi connectivity index (χ4v) is 2.08. The van der Waals surface area contributed by atoms with Crippen LogP contribution in [0, 0.1) is 5.82 Å². The van der Waals surface area contributed by atoms with Crippen LogP contribution in [0.3, 0.4) is 0 Å².